The number of rotatable bonds is 6. The van der Waals surface area contributed by atoms with Crippen molar-refractivity contribution in [1.82, 2.24) is 15.2 Å². The summed E-state index contributed by atoms with van der Waals surface area (Å²) in [4.78, 5) is 30.7. The molecule has 6 nitrogen and oxygen atoms in total. The average molecular weight is 297 g/mol. The van der Waals surface area contributed by atoms with Crippen LogP contribution < -0.4 is 5.32 Å². The maximum atomic E-state index is 12.3. The summed E-state index contributed by atoms with van der Waals surface area (Å²) in [5.41, 5.74) is 1.75. The molecule has 0 aliphatic heterocycles. The Morgan fingerprint density at radius 3 is 2.85 bits per heavy atom. The summed E-state index contributed by atoms with van der Waals surface area (Å²) in [6.45, 7) is 2.38. The summed E-state index contributed by atoms with van der Waals surface area (Å²) in [5.74, 6) is -0.408. The molecule has 1 fully saturated rings. The maximum Gasteiger partial charge on any atom is 0.328 e. The van der Waals surface area contributed by atoms with Gasteiger partial charge in [-0.05, 0) is 19.3 Å². The summed E-state index contributed by atoms with van der Waals surface area (Å²) in [5, 5.41) is 2.75. The molecule has 1 saturated carbocycles. The number of carbonyl (C=O) groups is 2. The van der Waals surface area contributed by atoms with E-state index in [0.29, 0.717) is 13.0 Å². The number of methoxy groups -OCH3 is 1. The normalized spacial score (nSPS) is 15.5. The van der Waals surface area contributed by atoms with Gasteiger partial charge in [0.1, 0.15) is 6.04 Å². The lowest BCUT2D eigenvalue weighted by molar-refractivity contribution is -0.142. The van der Waals surface area contributed by atoms with Gasteiger partial charge in [-0.3, -0.25) is 4.98 Å². The molecule has 0 radical (unpaired) electrons. The van der Waals surface area contributed by atoms with Crippen LogP contribution in [0.2, 0.25) is 0 Å². The lowest BCUT2D eigenvalue weighted by atomic mass is 10.2. The molecule has 1 aromatic rings. The Balaban J connectivity index is 1.98. The van der Waals surface area contributed by atoms with Crippen molar-refractivity contribution < 1.29 is 14.3 Å². The summed E-state index contributed by atoms with van der Waals surface area (Å²) >= 11 is 1.52. The van der Waals surface area contributed by atoms with Crippen molar-refractivity contribution in [3.05, 3.63) is 16.6 Å². The van der Waals surface area contributed by atoms with Crippen molar-refractivity contribution in [2.24, 2.45) is 0 Å². The zero-order chi connectivity index (χ0) is 14.5. The van der Waals surface area contributed by atoms with E-state index in [1.54, 1.807) is 16.6 Å². The Morgan fingerprint density at radius 1 is 1.60 bits per heavy atom. The van der Waals surface area contributed by atoms with Crippen LogP contribution in [0, 0.1) is 0 Å². The van der Waals surface area contributed by atoms with Crippen LogP contribution in [-0.2, 0) is 16.1 Å². The summed E-state index contributed by atoms with van der Waals surface area (Å²) in [6, 6.07) is -0.527. The summed E-state index contributed by atoms with van der Waals surface area (Å²) in [6.07, 6.45) is 4.31. The van der Waals surface area contributed by atoms with Crippen LogP contribution in [-0.4, -0.2) is 41.1 Å². The van der Waals surface area contributed by atoms with Gasteiger partial charge in [-0.1, -0.05) is 6.92 Å². The molecule has 0 bridgehead atoms. The van der Waals surface area contributed by atoms with Crippen molar-refractivity contribution in [3.8, 4) is 0 Å². The highest BCUT2D eigenvalue weighted by Gasteiger charge is 2.34. The smallest absolute Gasteiger partial charge is 0.328 e. The minimum absolute atomic E-state index is 0.210. The van der Waals surface area contributed by atoms with E-state index in [4.69, 9.17) is 0 Å². The molecule has 0 spiro atoms. The number of hydrogen-bond acceptors (Lipinski definition) is 5. The van der Waals surface area contributed by atoms with E-state index in [1.807, 2.05) is 6.92 Å². The fraction of sp³-hybridized carbons (Fsp3) is 0.615. The highest BCUT2D eigenvalue weighted by atomic mass is 32.1. The molecule has 1 atom stereocenters. The van der Waals surface area contributed by atoms with Crippen molar-refractivity contribution >= 4 is 23.3 Å². The van der Waals surface area contributed by atoms with Crippen LogP contribution >= 0.6 is 11.3 Å². The topological polar surface area (TPSA) is 71.5 Å². The largest absolute Gasteiger partial charge is 0.467 e. The second-order valence-electron chi connectivity index (χ2n) is 4.76. The molecule has 1 aromatic heterocycles. The van der Waals surface area contributed by atoms with Gasteiger partial charge in [0.05, 0.1) is 19.2 Å². The van der Waals surface area contributed by atoms with Crippen LogP contribution in [0.4, 0.5) is 4.79 Å². The molecule has 0 unspecified atom stereocenters. The predicted octanol–water partition coefficient (Wildman–Crippen LogP) is 1.77. The molecular weight excluding hydrogens is 278 g/mol. The molecule has 7 heteroatoms. The lowest BCUT2D eigenvalue weighted by Crippen LogP contribution is -2.48. The monoisotopic (exact) mass is 297 g/mol. The SMILES string of the molecule is CC[C@H](NC(=O)N(Cc1cncs1)C1CC1)C(=O)OC. The first-order valence-electron chi connectivity index (χ1n) is 6.68. The molecule has 0 aromatic carbocycles. The van der Waals surface area contributed by atoms with Crippen molar-refractivity contribution in [3.63, 3.8) is 0 Å². The number of hydrogen-bond donors (Lipinski definition) is 1. The van der Waals surface area contributed by atoms with E-state index in [-0.39, 0.29) is 12.1 Å². The number of nitrogens with one attached hydrogen (secondary N) is 1. The number of amides is 2. The Hall–Kier alpha value is -1.63. The molecule has 0 saturated heterocycles. The number of esters is 1. The minimum atomic E-state index is -0.588. The summed E-state index contributed by atoms with van der Waals surface area (Å²) in [7, 11) is 1.33. The van der Waals surface area contributed by atoms with Gasteiger partial charge < -0.3 is 15.0 Å². The molecule has 2 rings (SSSR count). The quantitative estimate of drug-likeness (QED) is 0.812. The lowest BCUT2D eigenvalue weighted by Gasteiger charge is -2.24. The number of carbonyl (C=O) groups excluding carboxylic acids is 2. The molecule has 110 valence electrons. The van der Waals surface area contributed by atoms with Crippen LogP contribution in [0.5, 0.6) is 0 Å². The van der Waals surface area contributed by atoms with E-state index >= 15 is 0 Å². The first-order valence-corrected chi connectivity index (χ1v) is 7.56. The molecule has 1 heterocycles. The Bertz CT molecular complexity index is 459. The van der Waals surface area contributed by atoms with Gasteiger partial charge >= 0.3 is 12.0 Å². The number of urea groups is 1. The van der Waals surface area contributed by atoms with Gasteiger partial charge in [-0.2, -0.15) is 0 Å². The van der Waals surface area contributed by atoms with Crippen molar-refractivity contribution in [1.29, 1.82) is 0 Å². The number of nitrogens with zero attached hydrogens (tertiary/aromatic N) is 2. The van der Waals surface area contributed by atoms with Crippen molar-refractivity contribution in [2.45, 2.75) is 44.8 Å². The van der Waals surface area contributed by atoms with E-state index in [2.05, 4.69) is 15.0 Å². The van der Waals surface area contributed by atoms with E-state index < -0.39 is 12.0 Å². The number of thiazole rings is 1. The van der Waals surface area contributed by atoms with Gasteiger partial charge in [-0.15, -0.1) is 11.3 Å². The Labute approximate surface area is 122 Å². The third-order valence-electron chi connectivity index (χ3n) is 3.25. The second-order valence-corrected chi connectivity index (χ2v) is 5.73. The minimum Gasteiger partial charge on any atom is -0.467 e. The van der Waals surface area contributed by atoms with Crippen LogP contribution in [0.3, 0.4) is 0 Å². The Morgan fingerprint density at radius 2 is 2.35 bits per heavy atom. The third kappa shape index (κ3) is 3.69. The third-order valence-corrected chi connectivity index (χ3v) is 4.01. The standard InChI is InChI=1S/C13H19N3O3S/c1-3-11(12(17)19-2)15-13(18)16(9-4-5-9)7-10-6-14-8-20-10/h6,8-9,11H,3-5,7H2,1-2H3,(H,15,18)/t11-/m0/s1. The molecule has 1 aliphatic rings. The predicted molar refractivity (Wildman–Crippen MR) is 75.3 cm³/mol. The fourth-order valence-corrected chi connectivity index (χ4v) is 2.54. The van der Waals surface area contributed by atoms with Gasteiger partial charge in [0.25, 0.3) is 0 Å². The van der Waals surface area contributed by atoms with Gasteiger partial charge in [0.2, 0.25) is 0 Å². The zero-order valence-corrected chi connectivity index (χ0v) is 12.5. The molecule has 1 N–H and O–H groups in total. The van der Waals surface area contributed by atoms with Gasteiger partial charge in [0, 0.05) is 17.1 Å². The number of aromatic nitrogens is 1. The highest BCUT2D eigenvalue weighted by molar-refractivity contribution is 7.09. The van der Waals surface area contributed by atoms with E-state index in [1.165, 1.54) is 18.4 Å². The average Bonchev–Trinajstić information content (AvgIpc) is 3.17. The van der Waals surface area contributed by atoms with E-state index in [9.17, 15) is 9.59 Å². The van der Waals surface area contributed by atoms with E-state index in [0.717, 1.165) is 17.7 Å². The number of ether oxygens (including phenoxy) is 1. The summed E-state index contributed by atoms with van der Waals surface area (Å²) < 4.78 is 4.69. The van der Waals surface area contributed by atoms with Crippen LogP contribution in [0.1, 0.15) is 31.1 Å². The zero-order valence-electron chi connectivity index (χ0n) is 11.7. The van der Waals surface area contributed by atoms with Crippen LogP contribution in [0.15, 0.2) is 11.7 Å². The first-order chi connectivity index (χ1) is 9.65. The van der Waals surface area contributed by atoms with Crippen LogP contribution in [0.25, 0.3) is 0 Å². The fourth-order valence-electron chi connectivity index (χ4n) is 1.94. The second kappa shape index (κ2) is 6.69. The van der Waals surface area contributed by atoms with Gasteiger partial charge in [-0.25, -0.2) is 9.59 Å². The molecule has 2 amide bonds. The highest BCUT2D eigenvalue weighted by Crippen LogP contribution is 2.29. The van der Waals surface area contributed by atoms with Gasteiger partial charge in [0.15, 0.2) is 0 Å². The molecule has 1 aliphatic carbocycles. The molecule has 20 heavy (non-hydrogen) atoms. The maximum absolute atomic E-state index is 12.3. The molecular formula is C13H19N3O3S. The Kier molecular flexibility index (Phi) is 4.94. The van der Waals surface area contributed by atoms with Crippen molar-refractivity contribution in [2.75, 3.05) is 7.11 Å². The first kappa shape index (κ1) is 14.8.